The summed E-state index contributed by atoms with van der Waals surface area (Å²) < 4.78 is 0. The molecule has 0 amide bonds. The lowest BCUT2D eigenvalue weighted by Crippen LogP contribution is -2.33. The molecule has 6 heteroatoms. The van der Waals surface area contributed by atoms with E-state index in [2.05, 4.69) is 44.1 Å². The van der Waals surface area contributed by atoms with Gasteiger partial charge in [0.2, 0.25) is 5.78 Å². The molecule has 0 bridgehead atoms. The Hall–Kier alpha value is -2.99. The smallest absolute Gasteiger partial charge is 0.308 e. The molecule has 1 aliphatic heterocycles. The standard InChI is InChI=1S/C21H22N4O2/c26-20(17-6-10-22-11-7-17)19-18(23-21(27)24-19)14-25-12-8-16(9-13-25)15-4-2-1-3-5-15/h1-7,10-11,16H,8-9,12-14H2,(H2,23,24,27). The summed E-state index contributed by atoms with van der Waals surface area (Å²) in [6.45, 7) is 2.44. The zero-order valence-corrected chi connectivity index (χ0v) is 15.0. The maximum atomic E-state index is 12.7. The highest BCUT2D eigenvalue weighted by Gasteiger charge is 2.23. The summed E-state index contributed by atoms with van der Waals surface area (Å²) in [7, 11) is 0. The summed E-state index contributed by atoms with van der Waals surface area (Å²) in [6.07, 6.45) is 5.30. The lowest BCUT2D eigenvalue weighted by molar-refractivity contribution is 0.103. The van der Waals surface area contributed by atoms with Crippen LogP contribution >= 0.6 is 0 Å². The van der Waals surface area contributed by atoms with Crippen LogP contribution in [-0.2, 0) is 6.54 Å². The summed E-state index contributed by atoms with van der Waals surface area (Å²) in [6, 6.07) is 13.9. The minimum absolute atomic E-state index is 0.190. The molecule has 0 spiro atoms. The predicted molar refractivity (Wildman–Crippen MR) is 103 cm³/mol. The number of piperidine rings is 1. The molecule has 2 N–H and O–H groups in total. The van der Waals surface area contributed by atoms with Crippen molar-refractivity contribution in [2.75, 3.05) is 13.1 Å². The normalized spacial score (nSPS) is 15.7. The highest BCUT2D eigenvalue weighted by atomic mass is 16.1. The molecule has 4 rings (SSSR count). The van der Waals surface area contributed by atoms with Gasteiger partial charge in [0.05, 0.1) is 5.69 Å². The first-order valence-electron chi connectivity index (χ1n) is 9.24. The first-order valence-corrected chi connectivity index (χ1v) is 9.24. The molecule has 0 radical (unpaired) electrons. The topological polar surface area (TPSA) is 81.8 Å². The monoisotopic (exact) mass is 362 g/mol. The van der Waals surface area contributed by atoms with Gasteiger partial charge in [0, 0.05) is 24.5 Å². The highest BCUT2D eigenvalue weighted by Crippen LogP contribution is 2.28. The second kappa shape index (κ2) is 7.72. The fraction of sp³-hybridized carbons (Fsp3) is 0.286. The van der Waals surface area contributed by atoms with Gasteiger partial charge in [0.25, 0.3) is 0 Å². The zero-order valence-electron chi connectivity index (χ0n) is 15.0. The van der Waals surface area contributed by atoms with E-state index in [0.717, 1.165) is 25.9 Å². The number of H-pyrrole nitrogens is 2. The van der Waals surface area contributed by atoms with Crippen molar-refractivity contribution < 1.29 is 4.79 Å². The predicted octanol–water partition coefficient (Wildman–Crippen LogP) is 2.71. The Morgan fingerprint density at radius 2 is 1.74 bits per heavy atom. The number of nitrogens with one attached hydrogen (secondary N) is 2. The molecule has 1 aromatic carbocycles. The van der Waals surface area contributed by atoms with Gasteiger partial charge in [-0.1, -0.05) is 30.3 Å². The zero-order chi connectivity index (χ0) is 18.6. The Labute approximate surface area is 157 Å². The van der Waals surface area contributed by atoms with Gasteiger partial charge in [0.15, 0.2) is 0 Å². The SMILES string of the molecule is O=C(c1ccncc1)c1[nH]c(=O)[nH]c1CN1CCC(c2ccccc2)CC1. The Balaban J connectivity index is 1.45. The Morgan fingerprint density at radius 1 is 1.04 bits per heavy atom. The van der Waals surface area contributed by atoms with Crippen LogP contribution in [0.3, 0.4) is 0 Å². The van der Waals surface area contributed by atoms with Crippen molar-refractivity contribution in [3.8, 4) is 0 Å². The lowest BCUT2D eigenvalue weighted by atomic mass is 9.89. The van der Waals surface area contributed by atoms with Crippen molar-refractivity contribution in [2.45, 2.75) is 25.3 Å². The van der Waals surface area contributed by atoms with E-state index >= 15 is 0 Å². The number of rotatable bonds is 5. The van der Waals surface area contributed by atoms with E-state index in [9.17, 15) is 9.59 Å². The summed E-state index contributed by atoms with van der Waals surface area (Å²) in [5, 5.41) is 0. The van der Waals surface area contributed by atoms with Crippen molar-refractivity contribution >= 4 is 5.78 Å². The minimum atomic E-state index is -0.346. The van der Waals surface area contributed by atoms with Gasteiger partial charge in [0.1, 0.15) is 5.69 Å². The van der Waals surface area contributed by atoms with Gasteiger partial charge in [-0.3, -0.25) is 14.7 Å². The van der Waals surface area contributed by atoms with Gasteiger partial charge in [-0.05, 0) is 49.5 Å². The number of pyridine rings is 1. The number of nitrogens with zero attached hydrogens (tertiary/aromatic N) is 2. The third kappa shape index (κ3) is 3.90. The second-order valence-electron chi connectivity index (χ2n) is 6.96. The number of aromatic nitrogens is 3. The van der Waals surface area contributed by atoms with Crippen molar-refractivity contribution in [3.05, 3.63) is 87.9 Å². The summed E-state index contributed by atoms with van der Waals surface area (Å²) >= 11 is 0. The number of hydrogen-bond donors (Lipinski definition) is 2. The van der Waals surface area contributed by atoms with Gasteiger partial charge in [-0.2, -0.15) is 0 Å². The number of ketones is 1. The average molecular weight is 362 g/mol. The van der Waals surface area contributed by atoms with Crippen LogP contribution in [0.4, 0.5) is 0 Å². The number of aromatic amines is 2. The van der Waals surface area contributed by atoms with E-state index in [1.807, 2.05) is 6.07 Å². The Kier molecular flexibility index (Phi) is 4.98. The van der Waals surface area contributed by atoms with E-state index in [4.69, 9.17) is 0 Å². The van der Waals surface area contributed by atoms with E-state index < -0.39 is 0 Å². The van der Waals surface area contributed by atoms with Crippen LogP contribution < -0.4 is 5.69 Å². The van der Waals surface area contributed by atoms with Crippen LogP contribution in [-0.4, -0.2) is 38.7 Å². The lowest BCUT2D eigenvalue weighted by Gasteiger charge is -2.32. The number of hydrogen-bond acceptors (Lipinski definition) is 4. The van der Waals surface area contributed by atoms with Crippen LogP contribution in [0, 0.1) is 0 Å². The maximum absolute atomic E-state index is 12.7. The maximum Gasteiger partial charge on any atom is 0.323 e. The third-order valence-electron chi connectivity index (χ3n) is 5.21. The Bertz CT molecular complexity index is 955. The molecule has 3 aromatic rings. The molecule has 0 atom stereocenters. The summed E-state index contributed by atoms with van der Waals surface area (Å²) in [4.78, 5) is 36.2. The fourth-order valence-corrected chi connectivity index (χ4v) is 3.75. The first kappa shape index (κ1) is 17.4. The molecule has 0 unspecified atom stereocenters. The summed E-state index contributed by atoms with van der Waals surface area (Å²) in [5.74, 6) is 0.385. The molecule has 2 aromatic heterocycles. The van der Waals surface area contributed by atoms with Gasteiger partial charge < -0.3 is 9.97 Å². The molecule has 1 aliphatic rings. The van der Waals surface area contributed by atoms with Crippen molar-refractivity contribution in [3.63, 3.8) is 0 Å². The molecule has 0 aliphatic carbocycles. The Morgan fingerprint density at radius 3 is 2.44 bits per heavy atom. The molecule has 138 valence electrons. The number of carbonyl (C=O) groups is 1. The molecule has 0 saturated carbocycles. The summed E-state index contributed by atoms with van der Waals surface area (Å²) in [5.41, 5.74) is 2.56. The van der Waals surface area contributed by atoms with Gasteiger partial charge in [-0.15, -0.1) is 0 Å². The van der Waals surface area contributed by atoms with Crippen molar-refractivity contribution in [1.82, 2.24) is 19.9 Å². The van der Waals surface area contributed by atoms with Crippen molar-refractivity contribution in [1.29, 1.82) is 0 Å². The van der Waals surface area contributed by atoms with E-state index in [1.165, 1.54) is 5.56 Å². The van der Waals surface area contributed by atoms with Crippen LogP contribution in [0.5, 0.6) is 0 Å². The second-order valence-corrected chi connectivity index (χ2v) is 6.96. The highest BCUT2D eigenvalue weighted by molar-refractivity contribution is 6.08. The number of imidazole rings is 1. The van der Waals surface area contributed by atoms with E-state index in [1.54, 1.807) is 24.5 Å². The third-order valence-corrected chi connectivity index (χ3v) is 5.21. The quantitative estimate of drug-likeness (QED) is 0.684. The number of carbonyl (C=O) groups excluding carboxylic acids is 1. The average Bonchev–Trinajstić information content (AvgIpc) is 3.09. The van der Waals surface area contributed by atoms with E-state index in [-0.39, 0.29) is 11.5 Å². The number of benzene rings is 1. The van der Waals surface area contributed by atoms with Crippen LogP contribution in [0.2, 0.25) is 0 Å². The molecular weight excluding hydrogens is 340 g/mol. The van der Waals surface area contributed by atoms with Crippen LogP contribution in [0.1, 0.15) is 46.1 Å². The molecule has 27 heavy (non-hydrogen) atoms. The first-order chi connectivity index (χ1) is 13.2. The minimum Gasteiger partial charge on any atom is -0.308 e. The molecular formula is C21H22N4O2. The van der Waals surface area contributed by atoms with Gasteiger partial charge in [-0.25, -0.2) is 4.79 Å². The number of likely N-dealkylation sites (tertiary alicyclic amines) is 1. The largest absolute Gasteiger partial charge is 0.323 e. The fourth-order valence-electron chi connectivity index (χ4n) is 3.75. The van der Waals surface area contributed by atoms with Crippen LogP contribution in [0.15, 0.2) is 59.7 Å². The van der Waals surface area contributed by atoms with Crippen molar-refractivity contribution in [2.24, 2.45) is 0 Å². The van der Waals surface area contributed by atoms with Crippen LogP contribution in [0.25, 0.3) is 0 Å². The molecule has 6 nitrogen and oxygen atoms in total. The molecule has 1 saturated heterocycles. The molecule has 3 heterocycles. The van der Waals surface area contributed by atoms with E-state index in [0.29, 0.717) is 29.4 Å². The van der Waals surface area contributed by atoms with Gasteiger partial charge >= 0.3 is 5.69 Å². The molecule has 1 fully saturated rings.